The predicted molar refractivity (Wildman–Crippen MR) is 68.1 cm³/mol. The van der Waals surface area contributed by atoms with Crippen molar-refractivity contribution in [3.05, 3.63) is 47.0 Å². The third kappa shape index (κ3) is 2.74. The van der Waals surface area contributed by atoms with Gasteiger partial charge in [-0.25, -0.2) is 4.98 Å². The van der Waals surface area contributed by atoms with Crippen molar-refractivity contribution >= 4 is 5.91 Å². The van der Waals surface area contributed by atoms with Gasteiger partial charge in [-0.2, -0.15) is 0 Å². The van der Waals surface area contributed by atoms with Gasteiger partial charge in [-0.05, 0) is 24.5 Å². The molecule has 18 heavy (non-hydrogen) atoms. The first-order chi connectivity index (χ1) is 8.70. The molecule has 0 saturated carbocycles. The van der Waals surface area contributed by atoms with E-state index in [0.717, 1.165) is 12.0 Å². The molecule has 94 valence electrons. The van der Waals surface area contributed by atoms with Crippen LogP contribution in [0.25, 0.3) is 0 Å². The summed E-state index contributed by atoms with van der Waals surface area (Å²) in [4.78, 5) is 15.8. The van der Waals surface area contributed by atoms with E-state index in [1.54, 1.807) is 6.92 Å². The van der Waals surface area contributed by atoms with Gasteiger partial charge in [0.05, 0.1) is 0 Å². The molecular weight excluding hydrogens is 228 g/mol. The number of hydrogen-bond acceptors (Lipinski definition) is 3. The Morgan fingerprint density at radius 1 is 1.33 bits per heavy atom. The first-order valence-electron chi connectivity index (χ1n) is 5.94. The van der Waals surface area contributed by atoms with E-state index in [9.17, 15) is 4.79 Å². The number of aromatic nitrogens is 3. The van der Waals surface area contributed by atoms with E-state index in [4.69, 9.17) is 0 Å². The Morgan fingerprint density at radius 2 is 2.06 bits per heavy atom. The highest BCUT2D eigenvalue weighted by molar-refractivity contribution is 5.90. The normalized spacial score (nSPS) is 10.3. The van der Waals surface area contributed by atoms with Crippen LogP contribution in [0.2, 0.25) is 0 Å². The highest BCUT2D eigenvalue weighted by atomic mass is 16.2. The van der Waals surface area contributed by atoms with E-state index < -0.39 is 0 Å². The Balaban J connectivity index is 2.01. The Morgan fingerprint density at radius 3 is 2.67 bits per heavy atom. The van der Waals surface area contributed by atoms with Crippen LogP contribution in [0.15, 0.2) is 24.3 Å². The molecule has 0 fully saturated rings. The average Bonchev–Trinajstić information content (AvgIpc) is 2.83. The predicted octanol–water partition coefficient (Wildman–Crippen LogP) is 1.61. The van der Waals surface area contributed by atoms with E-state index in [1.165, 1.54) is 5.56 Å². The molecule has 5 nitrogen and oxygen atoms in total. The standard InChI is InChI=1S/C13H16N4O/c1-3-10-6-4-5-7-11(10)8-14-13(18)12-15-9(2)16-17-12/h4-7H,3,8H2,1-2H3,(H,14,18)(H,15,16,17). The molecule has 2 aromatic rings. The second-order valence-corrected chi connectivity index (χ2v) is 4.05. The molecule has 5 heteroatoms. The lowest BCUT2D eigenvalue weighted by Crippen LogP contribution is -2.24. The molecule has 0 aliphatic carbocycles. The summed E-state index contributed by atoms with van der Waals surface area (Å²) in [5, 5.41) is 9.29. The summed E-state index contributed by atoms with van der Waals surface area (Å²) in [5.74, 6) is 0.556. The third-order valence-corrected chi connectivity index (χ3v) is 2.74. The van der Waals surface area contributed by atoms with Crippen molar-refractivity contribution in [2.75, 3.05) is 0 Å². The first-order valence-corrected chi connectivity index (χ1v) is 5.94. The fraction of sp³-hybridized carbons (Fsp3) is 0.308. The second kappa shape index (κ2) is 5.44. The number of carbonyl (C=O) groups excluding carboxylic acids is 1. The molecule has 0 saturated heterocycles. The van der Waals surface area contributed by atoms with E-state index in [1.807, 2.05) is 18.2 Å². The van der Waals surface area contributed by atoms with Crippen molar-refractivity contribution in [2.24, 2.45) is 0 Å². The van der Waals surface area contributed by atoms with Crippen LogP contribution in [-0.2, 0) is 13.0 Å². The molecule has 0 bridgehead atoms. The topological polar surface area (TPSA) is 70.7 Å². The van der Waals surface area contributed by atoms with E-state index in [0.29, 0.717) is 12.4 Å². The number of hydrogen-bond donors (Lipinski definition) is 2. The van der Waals surface area contributed by atoms with Gasteiger partial charge in [0.1, 0.15) is 5.82 Å². The zero-order chi connectivity index (χ0) is 13.0. The van der Waals surface area contributed by atoms with Gasteiger partial charge in [0.2, 0.25) is 5.82 Å². The van der Waals surface area contributed by atoms with Crippen molar-refractivity contribution in [3.8, 4) is 0 Å². The molecule has 1 amide bonds. The number of nitrogens with zero attached hydrogens (tertiary/aromatic N) is 2. The lowest BCUT2D eigenvalue weighted by atomic mass is 10.1. The molecule has 1 heterocycles. The van der Waals surface area contributed by atoms with Gasteiger partial charge in [-0.3, -0.25) is 9.89 Å². The van der Waals surface area contributed by atoms with Gasteiger partial charge in [-0.1, -0.05) is 31.2 Å². The minimum absolute atomic E-state index is 0.182. The molecule has 0 aliphatic rings. The summed E-state index contributed by atoms with van der Waals surface area (Å²) in [5.41, 5.74) is 2.37. The molecule has 1 aromatic heterocycles. The Bertz CT molecular complexity index is 547. The number of amides is 1. The maximum absolute atomic E-state index is 11.8. The Hall–Kier alpha value is -2.17. The molecule has 0 unspecified atom stereocenters. The number of carbonyl (C=O) groups is 1. The van der Waals surface area contributed by atoms with Crippen molar-refractivity contribution in [1.29, 1.82) is 0 Å². The highest BCUT2D eigenvalue weighted by Gasteiger charge is 2.10. The van der Waals surface area contributed by atoms with Crippen LogP contribution in [0.5, 0.6) is 0 Å². The zero-order valence-electron chi connectivity index (χ0n) is 10.5. The number of H-pyrrole nitrogens is 1. The minimum Gasteiger partial charge on any atom is -0.345 e. The van der Waals surface area contributed by atoms with Gasteiger partial charge in [0.25, 0.3) is 5.91 Å². The molecule has 0 aliphatic heterocycles. The zero-order valence-corrected chi connectivity index (χ0v) is 10.5. The molecule has 1 aromatic carbocycles. The van der Waals surface area contributed by atoms with Gasteiger partial charge in [0.15, 0.2) is 0 Å². The minimum atomic E-state index is -0.259. The summed E-state index contributed by atoms with van der Waals surface area (Å²) < 4.78 is 0. The lowest BCUT2D eigenvalue weighted by Gasteiger charge is -2.07. The third-order valence-electron chi connectivity index (χ3n) is 2.74. The van der Waals surface area contributed by atoms with Crippen LogP contribution < -0.4 is 5.32 Å². The van der Waals surface area contributed by atoms with E-state index >= 15 is 0 Å². The summed E-state index contributed by atoms with van der Waals surface area (Å²) in [6, 6.07) is 8.06. The van der Waals surface area contributed by atoms with Crippen LogP contribution in [0, 0.1) is 6.92 Å². The number of aryl methyl sites for hydroxylation is 2. The summed E-state index contributed by atoms with van der Waals surface area (Å²) in [6.07, 6.45) is 0.950. The lowest BCUT2D eigenvalue weighted by molar-refractivity contribution is 0.0941. The number of benzene rings is 1. The number of aromatic amines is 1. The van der Waals surface area contributed by atoms with Crippen molar-refractivity contribution in [1.82, 2.24) is 20.5 Å². The first kappa shape index (κ1) is 12.3. The van der Waals surface area contributed by atoms with Crippen molar-refractivity contribution < 1.29 is 4.79 Å². The smallest absolute Gasteiger partial charge is 0.291 e. The van der Waals surface area contributed by atoms with Gasteiger partial charge >= 0.3 is 0 Å². The molecule has 2 rings (SSSR count). The summed E-state index contributed by atoms with van der Waals surface area (Å²) >= 11 is 0. The summed E-state index contributed by atoms with van der Waals surface area (Å²) in [6.45, 7) is 4.35. The Kier molecular flexibility index (Phi) is 3.72. The largest absolute Gasteiger partial charge is 0.345 e. The highest BCUT2D eigenvalue weighted by Crippen LogP contribution is 2.09. The van der Waals surface area contributed by atoms with Gasteiger partial charge in [-0.15, -0.1) is 5.10 Å². The maximum Gasteiger partial charge on any atom is 0.291 e. The number of nitrogens with one attached hydrogen (secondary N) is 2. The van der Waals surface area contributed by atoms with Crippen LogP contribution in [0.1, 0.15) is 34.5 Å². The monoisotopic (exact) mass is 244 g/mol. The van der Waals surface area contributed by atoms with E-state index in [-0.39, 0.29) is 11.7 Å². The van der Waals surface area contributed by atoms with Crippen LogP contribution in [0.3, 0.4) is 0 Å². The van der Waals surface area contributed by atoms with Crippen molar-refractivity contribution in [3.63, 3.8) is 0 Å². The fourth-order valence-electron chi connectivity index (χ4n) is 1.77. The maximum atomic E-state index is 11.8. The fourth-order valence-corrected chi connectivity index (χ4v) is 1.77. The molecular formula is C13H16N4O. The SMILES string of the molecule is CCc1ccccc1CNC(=O)c1n[nH]c(C)n1. The van der Waals surface area contributed by atoms with Gasteiger partial charge < -0.3 is 5.32 Å². The molecule has 0 radical (unpaired) electrons. The average molecular weight is 244 g/mol. The second-order valence-electron chi connectivity index (χ2n) is 4.05. The Labute approximate surface area is 106 Å². The van der Waals surface area contributed by atoms with Crippen molar-refractivity contribution in [2.45, 2.75) is 26.8 Å². The molecule has 0 atom stereocenters. The van der Waals surface area contributed by atoms with Crippen LogP contribution >= 0.6 is 0 Å². The molecule has 2 N–H and O–H groups in total. The quantitative estimate of drug-likeness (QED) is 0.858. The molecule has 0 spiro atoms. The van der Waals surface area contributed by atoms with Crippen LogP contribution in [-0.4, -0.2) is 21.1 Å². The number of rotatable bonds is 4. The summed E-state index contributed by atoms with van der Waals surface area (Å²) in [7, 11) is 0. The van der Waals surface area contributed by atoms with Crippen LogP contribution in [0.4, 0.5) is 0 Å². The van der Waals surface area contributed by atoms with E-state index in [2.05, 4.69) is 33.5 Å². The van der Waals surface area contributed by atoms with Gasteiger partial charge in [0, 0.05) is 6.54 Å².